The van der Waals surface area contributed by atoms with Crippen molar-refractivity contribution in [1.82, 2.24) is 0 Å². The molecule has 2 N–H and O–H groups in total. The zero-order valence-electron chi connectivity index (χ0n) is 9.39. The first-order valence-corrected chi connectivity index (χ1v) is 4.92. The lowest BCUT2D eigenvalue weighted by atomic mass is 10.1. The number of benzene rings is 1. The van der Waals surface area contributed by atoms with Gasteiger partial charge in [0.25, 0.3) is 0 Å². The van der Waals surface area contributed by atoms with Crippen LogP contribution in [0.15, 0.2) is 18.2 Å². The second-order valence-electron chi connectivity index (χ2n) is 4.43. The van der Waals surface area contributed by atoms with Gasteiger partial charge < -0.3 is 10.4 Å². The van der Waals surface area contributed by atoms with Crippen molar-refractivity contribution in [1.29, 1.82) is 0 Å². The lowest BCUT2D eigenvalue weighted by molar-refractivity contribution is 0.0945. The lowest BCUT2D eigenvalue weighted by Gasteiger charge is -2.20. The molecule has 1 aromatic carbocycles. The van der Waals surface area contributed by atoms with Gasteiger partial charge >= 0.3 is 0 Å². The average Bonchev–Trinajstić information content (AvgIpc) is 2.01. The quantitative estimate of drug-likeness (QED) is 0.773. The van der Waals surface area contributed by atoms with Crippen molar-refractivity contribution in [2.45, 2.75) is 33.3 Å². The van der Waals surface area contributed by atoms with Gasteiger partial charge in [-0.2, -0.15) is 0 Å². The summed E-state index contributed by atoms with van der Waals surface area (Å²) in [5.74, 6) is 0. The molecule has 1 rings (SSSR count). The van der Waals surface area contributed by atoms with Crippen molar-refractivity contribution < 1.29 is 5.11 Å². The van der Waals surface area contributed by atoms with E-state index in [-0.39, 0.29) is 0 Å². The normalized spacial score (nSPS) is 11.5. The molecule has 0 saturated heterocycles. The summed E-state index contributed by atoms with van der Waals surface area (Å²) < 4.78 is 0. The van der Waals surface area contributed by atoms with E-state index in [1.54, 1.807) is 13.8 Å². The van der Waals surface area contributed by atoms with Crippen molar-refractivity contribution in [2.24, 2.45) is 0 Å². The zero-order valence-corrected chi connectivity index (χ0v) is 9.39. The topological polar surface area (TPSA) is 32.3 Å². The average molecular weight is 193 g/mol. The highest BCUT2D eigenvalue weighted by molar-refractivity contribution is 5.56. The van der Waals surface area contributed by atoms with Gasteiger partial charge in [0.05, 0.1) is 5.60 Å². The molecule has 0 unspecified atom stereocenters. The van der Waals surface area contributed by atoms with Gasteiger partial charge in [-0.15, -0.1) is 0 Å². The predicted molar refractivity (Wildman–Crippen MR) is 60.7 cm³/mol. The summed E-state index contributed by atoms with van der Waals surface area (Å²) in [5, 5.41) is 12.9. The molecule has 0 aliphatic carbocycles. The van der Waals surface area contributed by atoms with Crippen LogP contribution in [0.5, 0.6) is 0 Å². The Bertz CT molecular complexity index is 292. The Morgan fingerprint density at radius 2 is 1.71 bits per heavy atom. The van der Waals surface area contributed by atoms with Crippen LogP contribution in [0.4, 0.5) is 5.69 Å². The van der Waals surface area contributed by atoms with E-state index in [2.05, 4.69) is 31.3 Å². The van der Waals surface area contributed by atoms with Crippen LogP contribution in [-0.2, 0) is 0 Å². The maximum atomic E-state index is 9.60. The van der Waals surface area contributed by atoms with E-state index >= 15 is 0 Å². The van der Waals surface area contributed by atoms with E-state index in [1.807, 2.05) is 6.07 Å². The Labute approximate surface area is 86.0 Å². The number of nitrogens with one attached hydrogen (secondary N) is 1. The van der Waals surface area contributed by atoms with E-state index in [9.17, 15) is 5.11 Å². The third-order valence-corrected chi connectivity index (χ3v) is 2.18. The van der Waals surface area contributed by atoms with E-state index in [0.717, 1.165) is 5.69 Å². The molecule has 0 radical (unpaired) electrons. The number of para-hydroxylation sites is 1. The second kappa shape index (κ2) is 4.01. The van der Waals surface area contributed by atoms with Crippen molar-refractivity contribution in [3.05, 3.63) is 29.3 Å². The summed E-state index contributed by atoms with van der Waals surface area (Å²) in [5.41, 5.74) is 2.90. The number of hydrogen-bond acceptors (Lipinski definition) is 2. The molecule has 0 aliphatic heterocycles. The molecule has 2 nitrogen and oxygen atoms in total. The van der Waals surface area contributed by atoms with E-state index < -0.39 is 5.60 Å². The maximum absolute atomic E-state index is 9.60. The maximum Gasteiger partial charge on any atom is 0.0763 e. The molecule has 0 saturated carbocycles. The predicted octanol–water partition coefficient (Wildman–Crippen LogP) is 2.49. The monoisotopic (exact) mass is 193 g/mol. The van der Waals surface area contributed by atoms with Gasteiger partial charge in [0.15, 0.2) is 0 Å². The lowest BCUT2D eigenvalue weighted by Crippen LogP contribution is -2.29. The van der Waals surface area contributed by atoms with Crippen LogP contribution in [-0.4, -0.2) is 17.3 Å². The number of rotatable bonds is 3. The molecule has 1 aromatic rings. The largest absolute Gasteiger partial charge is 0.389 e. The number of anilines is 1. The van der Waals surface area contributed by atoms with Crippen LogP contribution in [0.3, 0.4) is 0 Å². The summed E-state index contributed by atoms with van der Waals surface area (Å²) in [6.45, 7) is 8.30. The Morgan fingerprint density at radius 3 is 2.14 bits per heavy atom. The van der Waals surface area contributed by atoms with Gasteiger partial charge in [0.2, 0.25) is 0 Å². The van der Waals surface area contributed by atoms with Crippen molar-refractivity contribution >= 4 is 5.69 Å². The first kappa shape index (κ1) is 11.1. The molecule has 0 fully saturated rings. The second-order valence-corrected chi connectivity index (χ2v) is 4.43. The molecule has 0 heterocycles. The minimum Gasteiger partial charge on any atom is -0.389 e. The van der Waals surface area contributed by atoms with Gasteiger partial charge in [-0.1, -0.05) is 18.2 Å². The van der Waals surface area contributed by atoms with Crippen LogP contribution < -0.4 is 5.32 Å². The zero-order chi connectivity index (χ0) is 10.8. The molecule has 78 valence electrons. The fourth-order valence-electron chi connectivity index (χ4n) is 1.40. The molecule has 2 heteroatoms. The van der Waals surface area contributed by atoms with Crippen LogP contribution >= 0.6 is 0 Å². The molecular weight excluding hydrogens is 174 g/mol. The minimum atomic E-state index is -0.672. The van der Waals surface area contributed by atoms with Crippen LogP contribution in [0.25, 0.3) is 0 Å². The number of aliphatic hydroxyl groups is 1. The Kier molecular flexibility index (Phi) is 3.17. The Morgan fingerprint density at radius 1 is 1.21 bits per heavy atom. The summed E-state index contributed by atoms with van der Waals surface area (Å²) >= 11 is 0. The highest BCUT2D eigenvalue weighted by Gasteiger charge is 2.12. The van der Waals surface area contributed by atoms with Crippen molar-refractivity contribution in [2.75, 3.05) is 11.9 Å². The highest BCUT2D eigenvalue weighted by Crippen LogP contribution is 2.19. The third-order valence-electron chi connectivity index (χ3n) is 2.18. The van der Waals surface area contributed by atoms with Crippen LogP contribution in [0.1, 0.15) is 25.0 Å². The smallest absolute Gasteiger partial charge is 0.0763 e. The Hall–Kier alpha value is -1.02. The van der Waals surface area contributed by atoms with Gasteiger partial charge in [-0.05, 0) is 38.8 Å². The van der Waals surface area contributed by atoms with Gasteiger partial charge in [-0.25, -0.2) is 0 Å². The van der Waals surface area contributed by atoms with E-state index in [0.29, 0.717) is 6.54 Å². The standard InChI is InChI=1S/C12H19NO/c1-9-6-5-7-10(2)11(9)13-8-12(3,4)14/h5-7,13-14H,8H2,1-4H3. The van der Waals surface area contributed by atoms with Gasteiger partial charge in [0, 0.05) is 12.2 Å². The first-order chi connectivity index (χ1) is 6.40. The SMILES string of the molecule is Cc1cccc(C)c1NCC(C)(C)O. The molecule has 0 spiro atoms. The third kappa shape index (κ3) is 3.04. The summed E-state index contributed by atoms with van der Waals surface area (Å²) in [6, 6.07) is 6.18. The molecule has 0 amide bonds. The summed E-state index contributed by atoms with van der Waals surface area (Å²) in [4.78, 5) is 0. The van der Waals surface area contributed by atoms with Crippen LogP contribution in [0.2, 0.25) is 0 Å². The van der Waals surface area contributed by atoms with Crippen molar-refractivity contribution in [3.63, 3.8) is 0 Å². The number of aryl methyl sites for hydroxylation is 2. The first-order valence-electron chi connectivity index (χ1n) is 4.92. The highest BCUT2D eigenvalue weighted by atomic mass is 16.3. The summed E-state index contributed by atoms with van der Waals surface area (Å²) in [7, 11) is 0. The van der Waals surface area contributed by atoms with Gasteiger partial charge in [-0.3, -0.25) is 0 Å². The molecular formula is C12H19NO. The molecule has 0 atom stereocenters. The fourth-order valence-corrected chi connectivity index (χ4v) is 1.40. The summed E-state index contributed by atoms with van der Waals surface area (Å²) in [6.07, 6.45) is 0. The molecule has 0 bridgehead atoms. The fraction of sp³-hybridized carbons (Fsp3) is 0.500. The van der Waals surface area contributed by atoms with Crippen molar-refractivity contribution in [3.8, 4) is 0 Å². The minimum absolute atomic E-state index is 0.568. The Balaban J connectivity index is 2.77. The van der Waals surface area contributed by atoms with E-state index in [1.165, 1.54) is 11.1 Å². The van der Waals surface area contributed by atoms with Crippen LogP contribution in [0, 0.1) is 13.8 Å². The van der Waals surface area contributed by atoms with E-state index in [4.69, 9.17) is 0 Å². The molecule has 0 aliphatic rings. The van der Waals surface area contributed by atoms with Gasteiger partial charge in [0.1, 0.15) is 0 Å². The molecule has 0 aromatic heterocycles. The molecule has 14 heavy (non-hydrogen) atoms. The number of hydrogen-bond donors (Lipinski definition) is 2.